The standard InChI is InChI=1S/C26H25F3O2/c1-18-6-10-20(11-7-18)24-15-14-23(27)16-21(24)17-26(28,29)22-12-8-19(9-13-22)4-3-5-25(30)31-2/h6-16H,3-5,17H2,1-2H3. The summed E-state index contributed by atoms with van der Waals surface area (Å²) >= 11 is 0. The number of alkyl halides is 2. The van der Waals surface area contributed by atoms with E-state index in [2.05, 4.69) is 4.74 Å². The third kappa shape index (κ3) is 5.97. The van der Waals surface area contributed by atoms with E-state index in [1.54, 1.807) is 18.2 Å². The average molecular weight is 426 g/mol. The van der Waals surface area contributed by atoms with Crippen molar-refractivity contribution in [2.75, 3.05) is 7.11 Å². The topological polar surface area (TPSA) is 26.3 Å². The minimum Gasteiger partial charge on any atom is -0.469 e. The van der Waals surface area contributed by atoms with Gasteiger partial charge in [0, 0.05) is 18.4 Å². The Labute approximate surface area is 180 Å². The van der Waals surface area contributed by atoms with Crippen LogP contribution in [0.5, 0.6) is 0 Å². The van der Waals surface area contributed by atoms with Gasteiger partial charge in [0.05, 0.1) is 7.11 Å². The van der Waals surface area contributed by atoms with Crippen molar-refractivity contribution in [1.29, 1.82) is 0 Å². The van der Waals surface area contributed by atoms with Gasteiger partial charge in [-0.2, -0.15) is 0 Å². The van der Waals surface area contributed by atoms with E-state index >= 15 is 8.78 Å². The molecule has 0 aromatic heterocycles. The number of halogens is 3. The lowest BCUT2D eigenvalue weighted by atomic mass is 9.92. The number of hydrogen-bond donors (Lipinski definition) is 0. The monoisotopic (exact) mass is 426 g/mol. The molecule has 0 aliphatic heterocycles. The van der Waals surface area contributed by atoms with Crippen LogP contribution in [0.3, 0.4) is 0 Å². The number of hydrogen-bond acceptors (Lipinski definition) is 2. The molecule has 0 saturated heterocycles. The van der Waals surface area contributed by atoms with Gasteiger partial charge >= 0.3 is 5.97 Å². The highest BCUT2D eigenvalue weighted by atomic mass is 19.3. The van der Waals surface area contributed by atoms with Gasteiger partial charge in [-0.3, -0.25) is 4.79 Å². The summed E-state index contributed by atoms with van der Waals surface area (Å²) in [6.07, 6.45) is 0.874. The van der Waals surface area contributed by atoms with Gasteiger partial charge in [0.15, 0.2) is 0 Å². The van der Waals surface area contributed by atoms with Crippen LogP contribution in [0.4, 0.5) is 13.2 Å². The van der Waals surface area contributed by atoms with Crippen molar-refractivity contribution in [3.05, 3.63) is 94.8 Å². The zero-order valence-electron chi connectivity index (χ0n) is 17.6. The summed E-state index contributed by atoms with van der Waals surface area (Å²) in [5.74, 6) is -3.98. The first-order chi connectivity index (χ1) is 14.8. The fraction of sp³-hybridized carbons (Fsp3) is 0.269. The van der Waals surface area contributed by atoms with Crippen LogP contribution >= 0.6 is 0 Å². The van der Waals surface area contributed by atoms with E-state index in [9.17, 15) is 9.18 Å². The van der Waals surface area contributed by atoms with Gasteiger partial charge in [-0.25, -0.2) is 13.2 Å². The SMILES string of the molecule is COC(=O)CCCc1ccc(C(F)(F)Cc2cc(F)ccc2-c2ccc(C)cc2)cc1. The van der Waals surface area contributed by atoms with Crippen molar-refractivity contribution >= 4 is 5.97 Å². The molecular weight excluding hydrogens is 401 g/mol. The van der Waals surface area contributed by atoms with E-state index in [4.69, 9.17) is 0 Å². The first kappa shape index (κ1) is 22.6. The molecule has 0 heterocycles. The van der Waals surface area contributed by atoms with Crippen molar-refractivity contribution in [3.63, 3.8) is 0 Å². The first-order valence-corrected chi connectivity index (χ1v) is 10.2. The van der Waals surface area contributed by atoms with Gasteiger partial charge in [0.2, 0.25) is 0 Å². The quantitative estimate of drug-likeness (QED) is 0.378. The second kappa shape index (κ2) is 9.82. The van der Waals surface area contributed by atoms with Gasteiger partial charge in [-0.05, 0) is 54.2 Å². The molecule has 31 heavy (non-hydrogen) atoms. The summed E-state index contributed by atoms with van der Waals surface area (Å²) in [6, 6.07) is 17.6. The lowest BCUT2D eigenvalue weighted by molar-refractivity contribution is -0.140. The second-order valence-electron chi connectivity index (χ2n) is 7.68. The summed E-state index contributed by atoms with van der Waals surface area (Å²) in [6.45, 7) is 1.95. The summed E-state index contributed by atoms with van der Waals surface area (Å²) in [4.78, 5) is 11.2. The minimum absolute atomic E-state index is 0.122. The Morgan fingerprint density at radius 3 is 2.29 bits per heavy atom. The maximum absolute atomic E-state index is 15.1. The molecule has 3 aromatic rings. The van der Waals surface area contributed by atoms with Crippen molar-refractivity contribution < 1.29 is 22.7 Å². The molecule has 2 nitrogen and oxygen atoms in total. The maximum Gasteiger partial charge on any atom is 0.305 e. The lowest BCUT2D eigenvalue weighted by Crippen LogP contribution is -2.17. The molecule has 0 amide bonds. The average Bonchev–Trinajstić information content (AvgIpc) is 2.74. The normalized spacial score (nSPS) is 11.4. The van der Waals surface area contributed by atoms with Crippen molar-refractivity contribution in [3.8, 4) is 11.1 Å². The molecule has 0 aliphatic carbocycles. The Kier molecular flexibility index (Phi) is 7.16. The zero-order valence-corrected chi connectivity index (χ0v) is 17.6. The smallest absolute Gasteiger partial charge is 0.305 e. The van der Waals surface area contributed by atoms with Crippen LogP contribution < -0.4 is 0 Å². The third-order valence-corrected chi connectivity index (χ3v) is 5.29. The predicted octanol–water partition coefficient (Wildman–Crippen LogP) is 6.63. The Morgan fingerprint density at radius 2 is 1.65 bits per heavy atom. The van der Waals surface area contributed by atoms with E-state index in [-0.39, 0.29) is 23.5 Å². The fourth-order valence-corrected chi connectivity index (χ4v) is 3.52. The highest BCUT2D eigenvalue weighted by Gasteiger charge is 2.33. The highest BCUT2D eigenvalue weighted by Crippen LogP contribution is 2.36. The van der Waals surface area contributed by atoms with Crippen molar-refractivity contribution in [2.24, 2.45) is 0 Å². The molecule has 0 unspecified atom stereocenters. The molecular formula is C26H25F3O2. The number of carbonyl (C=O) groups is 1. The Morgan fingerprint density at radius 1 is 0.968 bits per heavy atom. The van der Waals surface area contributed by atoms with Crippen LogP contribution in [0, 0.1) is 12.7 Å². The van der Waals surface area contributed by atoms with Gasteiger partial charge in [-0.1, -0.05) is 60.2 Å². The highest BCUT2D eigenvalue weighted by molar-refractivity contribution is 5.69. The second-order valence-corrected chi connectivity index (χ2v) is 7.68. The first-order valence-electron chi connectivity index (χ1n) is 10.2. The molecule has 162 valence electrons. The molecule has 5 heteroatoms. The van der Waals surface area contributed by atoms with E-state index in [1.807, 2.05) is 31.2 Å². The summed E-state index contributed by atoms with van der Waals surface area (Å²) in [5.41, 5.74) is 3.44. The number of carbonyl (C=O) groups excluding carboxylic acids is 1. The molecule has 0 atom stereocenters. The van der Waals surface area contributed by atoms with Gasteiger partial charge in [0.1, 0.15) is 5.82 Å². The van der Waals surface area contributed by atoms with Crippen LogP contribution in [0.25, 0.3) is 11.1 Å². The molecule has 0 N–H and O–H groups in total. The molecule has 3 rings (SSSR count). The zero-order chi connectivity index (χ0) is 22.4. The third-order valence-electron chi connectivity index (χ3n) is 5.29. The Bertz CT molecular complexity index is 1030. The van der Waals surface area contributed by atoms with E-state index in [0.29, 0.717) is 18.4 Å². The number of methoxy groups -OCH3 is 1. The van der Waals surface area contributed by atoms with Gasteiger partial charge in [0.25, 0.3) is 5.92 Å². The van der Waals surface area contributed by atoms with E-state index in [0.717, 1.165) is 16.7 Å². The summed E-state index contributed by atoms with van der Waals surface area (Å²) in [7, 11) is 1.34. The summed E-state index contributed by atoms with van der Waals surface area (Å²) in [5, 5.41) is 0. The molecule has 0 saturated carbocycles. The Balaban J connectivity index is 1.78. The number of rotatable bonds is 8. The van der Waals surface area contributed by atoms with Gasteiger partial charge in [-0.15, -0.1) is 0 Å². The summed E-state index contributed by atoms with van der Waals surface area (Å²) < 4.78 is 48.7. The fourth-order valence-electron chi connectivity index (χ4n) is 3.52. The van der Waals surface area contributed by atoms with Crippen LogP contribution in [-0.2, 0) is 28.3 Å². The molecule has 0 spiro atoms. The maximum atomic E-state index is 15.1. The van der Waals surface area contributed by atoms with Crippen LogP contribution in [0.15, 0.2) is 66.7 Å². The largest absolute Gasteiger partial charge is 0.469 e. The van der Waals surface area contributed by atoms with Crippen molar-refractivity contribution in [2.45, 2.75) is 38.5 Å². The lowest BCUT2D eigenvalue weighted by Gasteiger charge is -2.20. The minimum atomic E-state index is -3.15. The van der Waals surface area contributed by atoms with Crippen LogP contribution in [0.1, 0.15) is 35.1 Å². The van der Waals surface area contributed by atoms with E-state index in [1.165, 1.54) is 31.4 Å². The van der Waals surface area contributed by atoms with Gasteiger partial charge < -0.3 is 4.74 Å². The molecule has 0 radical (unpaired) electrons. The molecule has 3 aromatic carbocycles. The predicted molar refractivity (Wildman–Crippen MR) is 116 cm³/mol. The van der Waals surface area contributed by atoms with Crippen LogP contribution in [0.2, 0.25) is 0 Å². The number of benzene rings is 3. The number of aryl methyl sites for hydroxylation is 2. The molecule has 0 fully saturated rings. The number of ether oxygens (including phenoxy) is 1. The molecule has 0 aliphatic rings. The Hall–Kier alpha value is -3.08. The van der Waals surface area contributed by atoms with Crippen molar-refractivity contribution in [1.82, 2.24) is 0 Å². The molecule has 0 bridgehead atoms. The van der Waals surface area contributed by atoms with E-state index < -0.39 is 18.2 Å². The number of esters is 1. The van der Waals surface area contributed by atoms with Crippen LogP contribution in [-0.4, -0.2) is 13.1 Å².